The second-order valence-electron chi connectivity index (χ2n) is 3.06. The quantitative estimate of drug-likeness (QED) is 0.773. The third-order valence-corrected chi connectivity index (χ3v) is 2.08. The lowest BCUT2D eigenvalue weighted by Gasteiger charge is -2.05. The van der Waals surface area contributed by atoms with E-state index in [9.17, 15) is 0 Å². The minimum atomic E-state index is 0.144. The standard InChI is InChI=1S/C10H7Cl2N3O/c1-6-2-9(15-10(12)14-6)16-8-3-7(11)4-13-5-8/h2-5H,1H3. The highest BCUT2D eigenvalue weighted by atomic mass is 35.5. The molecule has 0 saturated heterocycles. The lowest BCUT2D eigenvalue weighted by atomic mass is 10.4. The van der Waals surface area contributed by atoms with Gasteiger partial charge >= 0.3 is 0 Å². The highest BCUT2D eigenvalue weighted by molar-refractivity contribution is 6.30. The first kappa shape index (κ1) is 11.1. The molecule has 16 heavy (non-hydrogen) atoms. The monoisotopic (exact) mass is 255 g/mol. The zero-order valence-corrected chi connectivity index (χ0v) is 9.83. The van der Waals surface area contributed by atoms with Gasteiger partial charge in [0.05, 0.1) is 11.2 Å². The van der Waals surface area contributed by atoms with Gasteiger partial charge < -0.3 is 4.74 Å². The summed E-state index contributed by atoms with van der Waals surface area (Å²) in [7, 11) is 0. The Morgan fingerprint density at radius 1 is 1.12 bits per heavy atom. The van der Waals surface area contributed by atoms with Crippen molar-refractivity contribution in [1.29, 1.82) is 0 Å². The van der Waals surface area contributed by atoms with Gasteiger partial charge in [0.25, 0.3) is 0 Å². The molecular formula is C10H7Cl2N3O. The van der Waals surface area contributed by atoms with Crippen LogP contribution in [0.25, 0.3) is 0 Å². The molecule has 0 amide bonds. The Bertz CT molecular complexity index is 499. The zero-order valence-electron chi connectivity index (χ0n) is 8.32. The van der Waals surface area contributed by atoms with Crippen LogP contribution in [-0.4, -0.2) is 15.0 Å². The van der Waals surface area contributed by atoms with Crippen molar-refractivity contribution in [3.8, 4) is 11.6 Å². The molecule has 2 aromatic heterocycles. The van der Waals surface area contributed by atoms with E-state index >= 15 is 0 Å². The fourth-order valence-electron chi connectivity index (χ4n) is 1.13. The zero-order chi connectivity index (χ0) is 11.5. The maximum absolute atomic E-state index is 5.77. The normalized spacial score (nSPS) is 10.2. The third-order valence-electron chi connectivity index (χ3n) is 1.71. The Morgan fingerprint density at radius 3 is 2.62 bits per heavy atom. The van der Waals surface area contributed by atoms with E-state index in [-0.39, 0.29) is 5.28 Å². The summed E-state index contributed by atoms with van der Waals surface area (Å²) in [5.74, 6) is 0.864. The number of pyridine rings is 1. The largest absolute Gasteiger partial charge is 0.437 e. The van der Waals surface area contributed by atoms with Gasteiger partial charge in [-0.2, -0.15) is 4.98 Å². The topological polar surface area (TPSA) is 47.9 Å². The van der Waals surface area contributed by atoms with Crippen LogP contribution in [0.5, 0.6) is 11.6 Å². The lowest BCUT2D eigenvalue weighted by Crippen LogP contribution is -1.92. The molecule has 2 heterocycles. The van der Waals surface area contributed by atoms with Crippen LogP contribution in [0.2, 0.25) is 10.3 Å². The lowest BCUT2D eigenvalue weighted by molar-refractivity contribution is 0.459. The van der Waals surface area contributed by atoms with Crippen LogP contribution >= 0.6 is 23.2 Å². The van der Waals surface area contributed by atoms with Crippen molar-refractivity contribution in [3.05, 3.63) is 40.5 Å². The maximum atomic E-state index is 5.77. The number of halogens is 2. The number of ether oxygens (including phenoxy) is 1. The van der Waals surface area contributed by atoms with Crippen molar-refractivity contribution in [2.75, 3.05) is 0 Å². The SMILES string of the molecule is Cc1cc(Oc2cncc(Cl)c2)nc(Cl)n1. The summed E-state index contributed by atoms with van der Waals surface area (Å²) in [4.78, 5) is 11.7. The van der Waals surface area contributed by atoms with Gasteiger partial charge in [0.1, 0.15) is 5.75 Å². The van der Waals surface area contributed by atoms with Gasteiger partial charge in [-0.1, -0.05) is 11.6 Å². The Balaban J connectivity index is 2.27. The van der Waals surface area contributed by atoms with Gasteiger partial charge in [-0.15, -0.1) is 0 Å². The molecule has 0 aromatic carbocycles. The summed E-state index contributed by atoms with van der Waals surface area (Å²) in [5, 5.41) is 0.638. The van der Waals surface area contributed by atoms with Crippen LogP contribution in [-0.2, 0) is 0 Å². The molecule has 82 valence electrons. The molecule has 0 aliphatic carbocycles. The number of hydrogen-bond acceptors (Lipinski definition) is 4. The van der Waals surface area contributed by atoms with E-state index in [0.29, 0.717) is 16.7 Å². The van der Waals surface area contributed by atoms with Crippen LogP contribution < -0.4 is 4.74 Å². The number of nitrogens with zero attached hydrogens (tertiary/aromatic N) is 3. The molecule has 4 nitrogen and oxygen atoms in total. The van der Waals surface area contributed by atoms with Gasteiger partial charge in [0.2, 0.25) is 11.2 Å². The van der Waals surface area contributed by atoms with Crippen LogP contribution in [0.4, 0.5) is 0 Å². The number of rotatable bonds is 2. The van der Waals surface area contributed by atoms with E-state index in [1.165, 1.54) is 12.4 Å². The summed E-state index contributed by atoms with van der Waals surface area (Å²) in [6.45, 7) is 1.80. The highest BCUT2D eigenvalue weighted by Gasteiger charge is 2.03. The maximum Gasteiger partial charge on any atom is 0.225 e. The smallest absolute Gasteiger partial charge is 0.225 e. The third kappa shape index (κ3) is 2.81. The van der Waals surface area contributed by atoms with Crippen molar-refractivity contribution in [3.63, 3.8) is 0 Å². The van der Waals surface area contributed by atoms with E-state index in [1.54, 1.807) is 19.1 Å². The van der Waals surface area contributed by atoms with Crippen molar-refractivity contribution >= 4 is 23.2 Å². The first-order valence-electron chi connectivity index (χ1n) is 4.43. The number of hydrogen-bond donors (Lipinski definition) is 0. The van der Waals surface area contributed by atoms with Crippen LogP contribution in [0.3, 0.4) is 0 Å². The Labute approximate surface area is 102 Å². The van der Waals surface area contributed by atoms with Gasteiger partial charge in [-0.25, -0.2) is 4.98 Å². The van der Waals surface area contributed by atoms with Crippen LogP contribution in [0.1, 0.15) is 5.69 Å². The molecule has 0 saturated carbocycles. The average molecular weight is 256 g/mol. The first-order valence-corrected chi connectivity index (χ1v) is 5.19. The summed E-state index contributed by atoms with van der Waals surface area (Å²) in [6.07, 6.45) is 3.06. The summed E-state index contributed by atoms with van der Waals surface area (Å²) < 4.78 is 5.44. The molecule has 2 rings (SSSR count). The van der Waals surface area contributed by atoms with E-state index in [0.717, 1.165) is 5.69 Å². The predicted molar refractivity (Wildman–Crippen MR) is 61.1 cm³/mol. The van der Waals surface area contributed by atoms with Gasteiger partial charge in [-0.05, 0) is 18.5 Å². The van der Waals surface area contributed by atoms with Crippen LogP contribution in [0.15, 0.2) is 24.5 Å². The molecule has 0 atom stereocenters. The van der Waals surface area contributed by atoms with E-state index in [4.69, 9.17) is 27.9 Å². The minimum absolute atomic E-state index is 0.144. The molecule has 0 bridgehead atoms. The molecule has 0 N–H and O–H groups in total. The molecule has 0 spiro atoms. The van der Waals surface area contributed by atoms with Crippen molar-refractivity contribution in [2.24, 2.45) is 0 Å². The second kappa shape index (κ2) is 4.63. The summed E-state index contributed by atoms with van der Waals surface area (Å²) in [5.41, 5.74) is 0.727. The number of aromatic nitrogens is 3. The fourth-order valence-corrected chi connectivity index (χ4v) is 1.51. The highest BCUT2D eigenvalue weighted by Crippen LogP contribution is 2.22. The molecule has 0 unspecified atom stereocenters. The Hall–Kier alpha value is -1.39. The van der Waals surface area contributed by atoms with E-state index in [2.05, 4.69) is 15.0 Å². The molecule has 0 radical (unpaired) electrons. The van der Waals surface area contributed by atoms with E-state index < -0.39 is 0 Å². The molecular weight excluding hydrogens is 249 g/mol. The minimum Gasteiger partial charge on any atom is -0.437 e. The molecule has 0 fully saturated rings. The number of aryl methyl sites for hydroxylation is 1. The van der Waals surface area contributed by atoms with Crippen LogP contribution in [0, 0.1) is 6.92 Å². The van der Waals surface area contributed by atoms with Crippen molar-refractivity contribution in [2.45, 2.75) is 6.92 Å². The average Bonchev–Trinajstić information content (AvgIpc) is 2.15. The fraction of sp³-hybridized carbons (Fsp3) is 0.100. The predicted octanol–water partition coefficient (Wildman–Crippen LogP) is 3.28. The van der Waals surface area contributed by atoms with E-state index in [1.807, 2.05) is 0 Å². The first-order chi connectivity index (χ1) is 7.63. The Morgan fingerprint density at radius 2 is 1.94 bits per heavy atom. The van der Waals surface area contributed by atoms with Crippen molar-refractivity contribution < 1.29 is 4.74 Å². The summed E-state index contributed by atoms with van der Waals surface area (Å²) in [6, 6.07) is 3.31. The van der Waals surface area contributed by atoms with Crippen molar-refractivity contribution in [1.82, 2.24) is 15.0 Å². The van der Waals surface area contributed by atoms with Gasteiger partial charge in [0.15, 0.2) is 0 Å². The van der Waals surface area contributed by atoms with Gasteiger partial charge in [-0.3, -0.25) is 4.98 Å². The molecule has 0 aliphatic heterocycles. The Kier molecular flexibility index (Phi) is 3.22. The second-order valence-corrected chi connectivity index (χ2v) is 3.83. The molecule has 2 aromatic rings. The molecule has 0 aliphatic rings. The van der Waals surface area contributed by atoms with Gasteiger partial charge in [0, 0.05) is 24.0 Å². The molecule has 6 heteroatoms. The summed E-state index contributed by atoms with van der Waals surface area (Å²) >= 11 is 11.5.